The van der Waals surface area contributed by atoms with Gasteiger partial charge in [0.05, 0.1) is 11.9 Å². The molecule has 51 heavy (non-hydrogen) atoms. The third-order valence-electron chi connectivity index (χ3n) is 9.39. The first-order valence-electron chi connectivity index (χ1n) is 16.7. The van der Waals surface area contributed by atoms with Crippen LogP contribution in [-0.4, -0.2) is 68.3 Å². The lowest BCUT2D eigenvalue weighted by Crippen LogP contribution is -2.58. The van der Waals surface area contributed by atoms with Crippen molar-refractivity contribution in [2.45, 2.75) is 63.3 Å². The summed E-state index contributed by atoms with van der Waals surface area (Å²) >= 11 is 1.43. The second-order valence-electron chi connectivity index (χ2n) is 13.3. The van der Waals surface area contributed by atoms with Crippen LogP contribution >= 0.6 is 11.8 Å². The summed E-state index contributed by atoms with van der Waals surface area (Å²) < 4.78 is 4.86. The summed E-state index contributed by atoms with van der Waals surface area (Å²) in [6.45, 7) is 5.79. The molecular formula is C40H39N3O7S. The van der Waals surface area contributed by atoms with Crippen molar-refractivity contribution in [2.24, 2.45) is 0 Å². The van der Waals surface area contributed by atoms with E-state index in [-0.39, 0.29) is 47.5 Å². The predicted octanol–water partition coefficient (Wildman–Crippen LogP) is 4.97. The molecule has 2 aliphatic rings. The maximum absolute atomic E-state index is 14.0. The van der Waals surface area contributed by atoms with Gasteiger partial charge in [0.2, 0.25) is 5.91 Å². The lowest BCUT2D eigenvalue weighted by molar-refractivity contribution is -0.147. The maximum Gasteiger partial charge on any atom is 0.407 e. The number of amides is 3. The quantitative estimate of drug-likeness (QED) is 0.185. The highest BCUT2D eigenvalue weighted by atomic mass is 32.2. The molecule has 6 rings (SSSR count). The fourth-order valence-electron chi connectivity index (χ4n) is 6.53. The molecule has 3 atom stereocenters. The summed E-state index contributed by atoms with van der Waals surface area (Å²) in [5.41, 5.74) is 4.41. The lowest BCUT2D eigenvalue weighted by Gasteiger charge is -2.33. The molecule has 1 heterocycles. The molecule has 4 aromatic carbocycles. The normalized spacial score (nSPS) is 17.2. The zero-order chi connectivity index (χ0) is 36.3. The first kappa shape index (κ1) is 35.6. The number of carbonyl (C=O) groups is 5. The Hall–Kier alpha value is -5.26. The van der Waals surface area contributed by atoms with Gasteiger partial charge in [0.15, 0.2) is 17.7 Å². The second-order valence-corrected chi connectivity index (χ2v) is 14.9. The van der Waals surface area contributed by atoms with E-state index in [0.29, 0.717) is 23.2 Å². The average molecular weight is 706 g/mol. The van der Waals surface area contributed by atoms with E-state index in [4.69, 9.17) is 4.74 Å². The molecule has 0 unspecified atom stereocenters. The molecule has 10 nitrogen and oxygen atoms in total. The fourth-order valence-corrected chi connectivity index (χ4v) is 7.67. The Morgan fingerprint density at radius 3 is 2.20 bits per heavy atom. The Bertz CT molecular complexity index is 2000. The average Bonchev–Trinajstić information content (AvgIpc) is 3.46. The van der Waals surface area contributed by atoms with Gasteiger partial charge in [0.25, 0.3) is 5.91 Å². The summed E-state index contributed by atoms with van der Waals surface area (Å²) in [4.78, 5) is 68.3. The molecule has 3 N–H and O–H groups in total. The number of aryl methyl sites for hydroxylation is 1. The molecule has 0 radical (unpaired) electrons. The molecule has 0 aromatic heterocycles. The van der Waals surface area contributed by atoms with Crippen molar-refractivity contribution < 1.29 is 33.8 Å². The van der Waals surface area contributed by atoms with Crippen LogP contribution in [0.1, 0.15) is 67.9 Å². The number of hydrogen-bond acceptors (Lipinski definition) is 8. The van der Waals surface area contributed by atoms with Crippen LogP contribution in [0.4, 0.5) is 4.79 Å². The van der Waals surface area contributed by atoms with E-state index in [0.717, 1.165) is 16.7 Å². The van der Waals surface area contributed by atoms with Crippen molar-refractivity contribution in [3.05, 3.63) is 142 Å². The monoisotopic (exact) mass is 705 g/mol. The third kappa shape index (κ3) is 7.59. The molecule has 262 valence electrons. The van der Waals surface area contributed by atoms with Crippen LogP contribution in [0.2, 0.25) is 0 Å². The van der Waals surface area contributed by atoms with Gasteiger partial charge in [-0.3, -0.25) is 19.2 Å². The van der Waals surface area contributed by atoms with Gasteiger partial charge >= 0.3 is 6.09 Å². The van der Waals surface area contributed by atoms with Crippen molar-refractivity contribution in [1.82, 2.24) is 15.5 Å². The number of benzene rings is 4. The van der Waals surface area contributed by atoms with Crippen LogP contribution in [0.5, 0.6) is 0 Å². The summed E-state index contributed by atoms with van der Waals surface area (Å²) in [6, 6.07) is 26.2. The van der Waals surface area contributed by atoms with Gasteiger partial charge in [-0.15, -0.1) is 11.8 Å². The fraction of sp³-hybridized carbons (Fsp3) is 0.275. The van der Waals surface area contributed by atoms with Crippen LogP contribution < -0.4 is 10.6 Å². The number of carbonyl (C=O) groups excluding carboxylic acids is 5. The van der Waals surface area contributed by atoms with Gasteiger partial charge in [0.1, 0.15) is 12.6 Å². The first-order valence-corrected chi connectivity index (χ1v) is 17.7. The van der Waals surface area contributed by atoms with Crippen LogP contribution in [0.3, 0.4) is 0 Å². The third-order valence-corrected chi connectivity index (χ3v) is 10.8. The van der Waals surface area contributed by atoms with Crippen LogP contribution in [0.25, 0.3) is 0 Å². The van der Waals surface area contributed by atoms with Crippen molar-refractivity contribution in [1.29, 1.82) is 0 Å². The molecular weight excluding hydrogens is 667 g/mol. The summed E-state index contributed by atoms with van der Waals surface area (Å²) in [7, 11) is 0. The second kappa shape index (κ2) is 14.9. The van der Waals surface area contributed by atoms with Crippen LogP contribution in [-0.2, 0) is 33.9 Å². The minimum absolute atomic E-state index is 0.103. The molecule has 1 fully saturated rings. The molecule has 4 aromatic rings. The van der Waals surface area contributed by atoms with Crippen molar-refractivity contribution in [2.75, 3.05) is 5.88 Å². The van der Waals surface area contributed by atoms with E-state index in [2.05, 4.69) is 10.6 Å². The highest BCUT2D eigenvalue weighted by molar-refractivity contribution is 8.00. The van der Waals surface area contributed by atoms with E-state index >= 15 is 0 Å². The van der Waals surface area contributed by atoms with E-state index < -0.39 is 34.9 Å². The lowest BCUT2D eigenvalue weighted by atomic mass is 9.83. The number of aliphatic hydroxyl groups excluding tert-OH is 1. The Morgan fingerprint density at radius 1 is 0.863 bits per heavy atom. The summed E-state index contributed by atoms with van der Waals surface area (Å²) in [5, 5.41) is 17.2. The summed E-state index contributed by atoms with van der Waals surface area (Å²) in [5.74, 6) is -1.39. The number of ketones is 2. The standard InChI is InChI=1S/C40H39N3O7S/c1-24-11-7-8-14-27(24)21-41-37(47)36-40(2,3)51-23-43(36)38(48)35(46)32(20-25-12-5-4-6-13-25)42-39(49)50-22-26-17-18-30-31(19-26)34(45)29-16-10-9-15-28(29)33(30)44/h4-19,32,35-36,46H,20-23H2,1-3H3,(H,41,47)(H,42,49)/t32-,35-,36+/m0/s1. The Kier molecular flexibility index (Phi) is 10.4. The number of hydrogen-bond donors (Lipinski definition) is 3. The molecule has 3 amide bonds. The number of alkyl carbamates (subject to hydrolysis) is 1. The van der Waals surface area contributed by atoms with Crippen LogP contribution in [0, 0.1) is 6.92 Å². The molecule has 1 aliphatic heterocycles. The van der Waals surface area contributed by atoms with Crippen LogP contribution in [0.15, 0.2) is 97.1 Å². The minimum Gasteiger partial charge on any atom is -0.445 e. The van der Waals surface area contributed by atoms with Crippen molar-refractivity contribution in [3.8, 4) is 0 Å². The number of nitrogens with one attached hydrogen (secondary N) is 2. The zero-order valence-corrected chi connectivity index (χ0v) is 29.4. The zero-order valence-electron chi connectivity index (χ0n) is 28.6. The van der Waals surface area contributed by atoms with Crippen molar-refractivity contribution >= 4 is 41.2 Å². The van der Waals surface area contributed by atoms with Gasteiger partial charge < -0.3 is 25.4 Å². The Labute approximate surface area is 300 Å². The SMILES string of the molecule is Cc1ccccc1CNC(=O)[C@H]1N(C(=O)[C@@H](O)[C@H](Cc2ccccc2)NC(=O)OCc2ccc3c(c2)C(=O)c2ccccc2C3=O)CSC1(C)C. The number of thioether (sulfide) groups is 1. The molecule has 1 aliphatic carbocycles. The summed E-state index contributed by atoms with van der Waals surface area (Å²) in [6.07, 6.45) is -2.49. The number of fused-ring (bicyclic) bond motifs is 2. The molecule has 0 spiro atoms. The maximum atomic E-state index is 14.0. The number of nitrogens with zero attached hydrogens (tertiary/aromatic N) is 1. The molecule has 1 saturated heterocycles. The largest absolute Gasteiger partial charge is 0.445 e. The minimum atomic E-state index is -1.70. The highest BCUT2D eigenvalue weighted by Gasteiger charge is 2.49. The molecule has 0 saturated carbocycles. The van der Waals surface area contributed by atoms with Gasteiger partial charge in [-0.1, -0.05) is 84.9 Å². The predicted molar refractivity (Wildman–Crippen MR) is 193 cm³/mol. The Morgan fingerprint density at radius 2 is 1.49 bits per heavy atom. The van der Waals surface area contributed by atoms with E-state index in [1.165, 1.54) is 22.7 Å². The molecule has 11 heteroatoms. The smallest absolute Gasteiger partial charge is 0.407 e. The number of rotatable bonds is 10. The van der Waals surface area contributed by atoms with E-state index in [1.807, 2.05) is 75.4 Å². The van der Waals surface area contributed by atoms with E-state index in [9.17, 15) is 29.1 Å². The Balaban J connectivity index is 1.15. The van der Waals surface area contributed by atoms with Gasteiger partial charge in [-0.25, -0.2) is 4.79 Å². The number of ether oxygens (including phenoxy) is 1. The number of aliphatic hydroxyl groups is 1. The van der Waals surface area contributed by atoms with E-state index in [1.54, 1.807) is 36.4 Å². The first-order chi connectivity index (χ1) is 24.4. The van der Waals surface area contributed by atoms with Gasteiger partial charge in [-0.2, -0.15) is 0 Å². The van der Waals surface area contributed by atoms with Gasteiger partial charge in [0, 0.05) is 33.5 Å². The van der Waals surface area contributed by atoms with Gasteiger partial charge in [-0.05, 0) is 61.6 Å². The topological polar surface area (TPSA) is 142 Å². The highest BCUT2D eigenvalue weighted by Crippen LogP contribution is 2.40. The molecule has 0 bridgehead atoms. The van der Waals surface area contributed by atoms with Crippen molar-refractivity contribution in [3.63, 3.8) is 0 Å².